The summed E-state index contributed by atoms with van der Waals surface area (Å²) in [6.45, 7) is 9.05. The van der Waals surface area contributed by atoms with Crippen LogP contribution in [-0.2, 0) is 16.1 Å². The second-order valence-electron chi connectivity index (χ2n) is 8.88. The van der Waals surface area contributed by atoms with Gasteiger partial charge in [0.15, 0.2) is 0 Å². The number of amides is 3. The number of anilines is 1. The quantitative estimate of drug-likeness (QED) is 0.513. The van der Waals surface area contributed by atoms with Gasteiger partial charge in [-0.1, -0.05) is 12.1 Å². The minimum Gasteiger partial charge on any atom is -0.444 e. The summed E-state index contributed by atoms with van der Waals surface area (Å²) in [6.07, 6.45) is -0.655. The van der Waals surface area contributed by atoms with Gasteiger partial charge in [-0.25, -0.2) is 14.8 Å². The van der Waals surface area contributed by atoms with Gasteiger partial charge in [0.25, 0.3) is 5.91 Å². The standard InChI is InChI=1S/C25H29N5O4/c1-15-16(2)29-21-12-18(9-10-20(21)28-15)23(32)30-19-8-6-7-17(11-19)13-26-22(31)14-27-24(33)34-25(3,4)5/h6-12H,13-14H2,1-5H3,(H,26,31)(H,27,33)(H,30,32). The lowest BCUT2D eigenvalue weighted by molar-refractivity contribution is -0.120. The maximum Gasteiger partial charge on any atom is 0.408 e. The van der Waals surface area contributed by atoms with Gasteiger partial charge in [-0.3, -0.25) is 9.59 Å². The number of ether oxygens (including phenoxy) is 1. The average molecular weight is 464 g/mol. The number of hydrogen-bond donors (Lipinski definition) is 3. The summed E-state index contributed by atoms with van der Waals surface area (Å²) < 4.78 is 5.10. The van der Waals surface area contributed by atoms with E-state index in [0.29, 0.717) is 16.8 Å². The molecular weight excluding hydrogens is 434 g/mol. The van der Waals surface area contributed by atoms with E-state index >= 15 is 0 Å². The number of nitrogens with one attached hydrogen (secondary N) is 3. The summed E-state index contributed by atoms with van der Waals surface area (Å²) in [6, 6.07) is 12.4. The fourth-order valence-corrected chi connectivity index (χ4v) is 3.06. The molecular formula is C25H29N5O4. The molecule has 0 aliphatic heterocycles. The first-order chi connectivity index (χ1) is 16.0. The minimum absolute atomic E-state index is 0.199. The lowest BCUT2D eigenvalue weighted by atomic mass is 10.1. The van der Waals surface area contributed by atoms with E-state index in [4.69, 9.17) is 4.74 Å². The van der Waals surface area contributed by atoms with Gasteiger partial charge in [-0.15, -0.1) is 0 Å². The lowest BCUT2D eigenvalue weighted by Gasteiger charge is -2.19. The molecule has 0 fully saturated rings. The number of benzene rings is 2. The van der Waals surface area contributed by atoms with Crippen molar-refractivity contribution in [3.63, 3.8) is 0 Å². The van der Waals surface area contributed by atoms with Gasteiger partial charge in [0.1, 0.15) is 12.1 Å². The van der Waals surface area contributed by atoms with Gasteiger partial charge in [-0.05, 0) is 70.5 Å². The van der Waals surface area contributed by atoms with Gasteiger partial charge < -0.3 is 20.7 Å². The van der Waals surface area contributed by atoms with E-state index in [1.165, 1.54) is 0 Å². The van der Waals surface area contributed by atoms with Crippen LogP contribution >= 0.6 is 0 Å². The number of carbonyl (C=O) groups excluding carboxylic acids is 3. The number of rotatable bonds is 6. The lowest BCUT2D eigenvalue weighted by Crippen LogP contribution is -2.39. The zero-order valence-electron chi connectivity index (χ0n) is 20.0. The molecule has 0 atom stereocenters. The summed E-state index contributed by atoms with van der Waals surface area (Å²) in [4.78, 5) is 45.4. The molecule has 178 valence electrons. The Morgan fingerprint density at radius 3 is 2.32 bits per heavy atom. The molecule has 0 radical (unpaired) electrons. The molecule has 0 unspecified atom stereocenters. The molecule has 1 heterocycles. The first kappa shape index (κ1) is 24.6. The van der Waals surface area contributed by atoms with E-state index in [2.05, 4.69) is 25.9 Å². The molecule has 3 N–H and O–H groups in total. The summed E-state index contributed by atoms with van der Waals surface area (Å²) >= 11 is 0. The van der Waals surface area contributed by atoms with Crippen molar-refractivity contribution >= 4 is 34.6 Å². The first-order valence-corrected chi connectivity index (χ1v) is 10.9. The Bertz CT molecular complexity index is 1230. The zero-order chi connectivity index (χ0) is 24.9. The highest BCUT2D eigenvalue weighted by atomic mass is 16.6. The Morgan fingerprint density at radius 1 is 0.912 bits per heavy atom. The fraction of sp³-hybridized carbons (Fsp3) is 0.320. The highest BCUT2D eigenvalue weighted by molar-refractivity contribution is 6.05. The molecule has 3 aromatic rings. The Kier molecular flexibility index (Phi) is 7.45. The normalized spacial score (nSPS) is 11.1. The van der Waals surface area contributed by atoms with Gasteiger partial charge in [0.05, 0.1) is 22.4 Å². The molecule has 3 rings (SSSR count). The highest BCUT2D eigenvalue weighted by Crippen LogP contribution is 2.17. The van der Waals surface area contributed by atoms with E-state index in [0.717, 1.165) is 22.5 Å². The highest BCUT2D eigenvalue weighted by Gasteiger charge is 2.16. The van der Waals surface area contributed by atoms with Crippen molar-refractivity contribution in [2.75, 3.05) is 11.9 Å². The van der Waals surface area contributed by atoms with Crippen LogP contribution in [0.2, 0.25) is 0 Å². The summed E-state index contributed by atoms with van der Waals surface area (Å²) in [5.41, 5.74) is 4.29. The molecule has 0 bridgehead atoms. The van der Waals surface area contributed by atoms with Crippen LogP contribution in [0.5, 0.6) is 0 Å². The van der Waals surface area contributed by atoms with Crippen molar-refractivity contribution in [3.8, 4) is 0 Å². The molecule has 9 nitrogen and oxygen atoms in total. The smallest absolute Gasteiger partial charge is 0.408 e. The van der Waals surface area contributed by atoms with E-state index < -0.39 is 11.7 Å². The third kappa shape index (κ3) is 6.99. The summed E-state index contributed by atoms with van der Waals surface area (Å²) in [7, 11) is 0. The van der Waals surface area contributed by atoms with E-state index in [-0.39, 0.29) is 24.9 Å². The van der Waals surface area contributed by atoms with Gasteiger partial charge in [0, 0.05) is 17.8 Å². The monoisotopic (exact) mass is 463 g/mol. The van der Waals surface area contributed by atoms with E-state index in [1.807, 2.05) is 19.9 Å². The number of fused-ring (bicyclic) bond motifs is 1. The van der Waals surface area contributed by atoms with E-state index in [1.54, 1.807) is 57.2 Å². The number of hydrogen-bond acceptors (Lipinski definition) is 6. The number of carbonyl (C=O) groups is 3. The SMILES string of the molecule is Cc1nc2ccc(C(=O)Nc3cccc(CNC(=O)CNC(=O)OC(C)(C)C)c3)cc2nc1C. The predicted molar refractivity (Wildman–Crippen MR) is 129 cm³/mol. The van der Waals surface area contributed by atoms with Crippen LogP contribution in [-0.4, -0.2) is 40.0 Å². The van der Waals surface area contributed by atoms with Crippen molar-refractivity contribution in [1.29, 1.82) is 0 Å². The largest absolute Gasteiger partial charge is 0.444 e. The van der Waals surface area contributed by atoms with Crippen LogP contribution in [0.3, 0.4) is 0 Å². The van der Waals surface area contributed by atoms with Gasteiger partial charge in [0.2, 0.25) is 5.91 Å². The minimum atomic E-state index is -0.655. The molecule has 0 saturated carbocycles. The molecule has 0 aliphatic carbocycles. The molecule has 9 heteroatoms. The van der Waals surface area contributed by atoms with Crippen LogP contribution in [0.1, 0.15) is 48.1 Å². The molecule has 1 aromatic heterocycles. The van der Waals surface area contributed by atoms with Crippen LogP contribution in [0.15, 0.2) is 42.5 Å². The number of alkyl carbamates (subject to hydrolysis) is 1. The molecule has 0 aliphatic rings. The number of aromatic nitrogens is 2. The van der Waals surface area contributed by atoms with Crippen molar-refractivity contribution in [2.45, 2.75) is 46.8 Å². The Labute approximate surface area is 198 Å². The van der Waals surface area contributed by atoms with Crippen molar-refractivity contribution in [1.82, 2.24) is 20.6 Å². The van der Waals surface area contributed by atoms with Gasteiger partial charge in [-0.2, -0.15) is 0 Å². The molecule has 34 heavy (non-hydrogen) atoms. The van der Waals surface area contributed by atoms with Crippen molar-refractivity contribution < 1.29 is 19.1 Å². The Hall–Kier alpha value is -4.01. The molecule has 3 amide bonds. The number of nitrogens with zero attached hydrogens (tertiary/aromatic N) is 2. The van der Waals surface area contributed by atoms with Crippen molar-refractivity contribution in [2.24, 2.45) is 0 Å². The van der Waals surface area contributed by atoms with Crippen LogP contribution in [0, 0.1) is 13.8 Å². The third-order valence-electron chi connectivity index (χ3n) is 4.80. The van der Waals surface area contributed by atoms with Crippen LogP contribution in [0.25, 0.3) is 11.0 Å². The Morgan fingerprint density at radius 2 is 1.62 bits per heavy atom. The maximum absolute atomic E-state index is 12.8. The number of aryl methyl sites for hydroxylation is 2. The molecule has 0 saturated heterocycles. The van der Waals surface area contributed by atoms with Crippen LogP contribution in [0.4, 0.5) is 10.5 Å². The summed E-state index contributed by atoms with van der Waals surface area (Å²) in [5.74, 6) is -0.632. The fourth-order valence-electron chi connectivity index (χ4n) is 3.06. The van der Waals surface area contributed by atoms with Crippen molar-refractivity contribution in [3.05, 3.63) is 65.0 Å². The Balaban J connectivity index is 1.56. The second-order valence-corrected chi connectivity index (χ2v) is 8.88. The molecule has 0 spiro atoms. The second kappa shape index (κ2) is 10.3. The average Bonchev–Trinajstić information content (AvgIpc) is 2.76. The maximum atomic E-state index is 12.8. The summed E-state index contributed by atoms with van der Waals surface area (Å²) in [5, 5.41) is 8.00. The predicted octanol–water partition coefficient (Wildman–Crippen LogP) is 3.64. The van der Waals surface area contributed by atoms with E-state index in [9.17, 15) is 14.4 Å². The molecule has 2 aromatic carbocycles. The van der Waals surface area contributed by atoms with Crippen LogP contribution < -0.4 is 16.0 Å². The zero-order valence-corrected chi connectivity index (χ0v) is 20.0. The van der Waals surface area contributed by atoms with Gasteiger partial charge >= 0.3 is 6.09 Å². The first-order valence-electron chi connectivity index (χ1n) is 10.9. The third-order valence-corrected chi connectivity index (χ3v) is 4.80. The topological polar surface area (TPSA) is 122 Å².